The Hall–Kier alpha value is -3.20. The molecular weight excluding hydrogens is 282 g/mol. The Kier molecular flexibility index (Phi) is 3.45. The van der Waals surface area contributed by atoms with E-state index in [-0.39, 0.29) is 0 Å². The second kappa shape index (κ2) is 5.89. The molecule has 0 saturated carbocycles. The van der Waals surface area contributed by atoms with Gasteiger partial charge in [0.1, 0.15) is 5.82 Å². The SMILES string of the molecule is C(=C\c1nc2ccccc2n1-c1ccccc1)/c1ccncc1. The lowest BCUT2D eigenvalue weighted by molar-refractivity contribution is 1.07. The molecule has 0 N–H and O–H groups in total. The summed E-state index contributed by atoms with van der Waals surface area (Å²) in [6, 6.07) is 22.4. The second-order valence-corrected chi connectivity index (χ2v) is 5.24. The molecule has 3 nitrogen and oxygen atoms in total. The highest BCUT2D eigenvalue weighted by molar-refractivity contribution is 5.82. The predicted molar refractivity (Wildman–Crippen MR) is 94.2 cm³/mol. The van der Waals surface area contributed by atoms with E-state index in [1.165, 1.54) is 0 Å². The van der Waals surface area contributed by atoms with Crippen LogP contribution in [0.1, 0.15) is 11.4 Å². The van der Waals surface area contributed by atoms with Crippen LogP contribution >= 0.6 is 0 Å². The molecular formula is C20H15N3. The van der Waals surface area contributed by atoms with Gasteiger partial charge in [-0.1, -0.05) is 36.4 Å². The van der Waals surface area contributed by atoms with Gasteiger partial charge in [-0.05, 0) is 48.0 Å². The van der Waals surface area contributed by atoms with Crippen LogP contribution in [0.3, 0.4) is 0 Å². The molecule has 0 saturated heterocycles. The first-order chi connectivity index (χ1) is 11.4. The van der Waals surface area contributed by atoms with Crippen LogP contribution in [0.15, 0.2) is 79.1 Å². The minimum absolute atomic E-state index is 0.911. The number of fused-ring (bicyclic) bond motifs is 1. The van der Waals surface area contributed by atoms with Crippen molar-refractivity contribution in [3.63, 3.8) is 0 Å². The highest BCUT2D eigenvalue weighted by Gasteiger charge is 2.09. The van der Waals surface area contributed by atoms with E-state index in [9.17, 15) is 0 Å². The molecule has 0 aliphatic carbocycles. The summed E-state index contributed by atoms with van der Waals surface area (Å²) < 4.78 is 2.17. The summed E-state index contributed by atoms with van der Waals surface area (Å²) in [5.41, 5.74) is 4.31. The lowest BCUT2D eigenvalue weighted by Crippen LogP contribution is -1.96. The number of pyridine rings is 1. The highest BCUT2D eigenvalue weighted by Crippen LogP contribution is 2.22. The molecule has 0 spiro atoms. The van der Waals surface area contributed by atoms with Gasteiger partial charge in [-0.3, -0.25) is 9.55 Å². The molecule has 23 heavy (non-hydrogen) atoms. The number of nitrogens with zero attached hydrogens (tertiary/aromatic N) is 3. The van der Waals surface area contributed by atoms with Crippen LogP contribution in [-0.4, -0.2) is 14.5 Å². The van der Waals surface area contributed by atoms with Crippen LogP contribution in [0.2, 0.25) is 0 Å². The summed E-state index contributed by atoms with van der Waals surface area (Å²) >= 11 is 0. The fourth-order valence-electron chi connectivity index (χ4n) is 2.65. The van der Waals surface area contributed by atoms with Crippen molar-refractivity contribution >= 4 is 23.2 Å². The summed E-state index contributed by atoms with van der Waals surface area (Å²) in [5.74, 6) is 0.911. The van der Waals surface area contributed by atoms with Crippen LogP contribution in [0.4, 0.5) is 0 Å². The van der Waals surface area contributed by atoms with Gasteiger partial charge in [0.2, 0.25) is 0 Å². The third-order valence-corrected chi connectivity index (χ3v) is 3.73. The van der Waals surface area contributed by atoms with Gasteiger partial charge < -0.3 is 0 Å². The molecule has 110 valence electrons. The van der Waals surface area contributed by atoms with Crippen molar-refractivity contribution in [2.75, 3.05) is 0 Å². The molecule has 2 heterocycles. The van der Waals surface area contributed by atoms with E-state index in [0.717, 1.165) is 28.1 Å². The molecule has 2 aromatic heterocycles. The van der Waals surface area contributed by atoms with Crippen LogP contribution in [0, 0.1) is 0 Å². The van der Waals surface area contributed by atoms with Crippen LogP contribution in [0.25, 0.3) is 28.9 Å². The number of imidazole rings is 1. The van der Waals surface area contributed by atoms with E-state index in [1.807, 2.05) is 54.6 Å². The first kappa shape index (κ1) is 13.5. The molecule has 0 fully saturated rings. The average Bonchev–Trinajstić information content (AvgIpc) is 3.00. The molecule has 0 bridgehead atoms. The Bertz CT molecular complexity index is 954. The molecule has 0 aliphatic rings. The third-order valence-electron chi connectivity index (χ3n) is 3.73. The van der Waals surface area contributed by atoms with Crippen LogP contribution in [-0.2, 0) is 0 Å². The first-order valence-corrected chi connectivity index (χ1v) is 7.53. The zero-order valence-corrected chi connectivity index (χ0v) is 12.5. The lowest BCUT2D eigenvalue weighted by Gasteiger charge is -2.06. The van der Waals surface area contributed by atoms with E-state index >= 15 is 0 Å². The summed E-state index contributed by atoms with van der Waals surface area (Å²) in [7, 11) is 0. The van der Waals surface area contributed by atoms with Crippen molar-refractivity contribution < 1.29 is 0 Å². The van der Waals surface area contributed by atoms with Gasteiger partial charge in [0, 0.05) is 18.1 Å². The molecule has 4 rings (SSSR count). The second-order valence-electron chi connectivity index (χ2n) is 5.24. The molecule has 2 aromatic carbocycles. The number of hydrogen-bond donors (Lipinski definition) is 0. The average molecular weight is 297 g/mol. The van der Waals surface area contributed by atoms with Crippen LogP contribution in [0.5, 0.6) is 0 Å². The summed E-state index contributed by atoms with van der Waals surface area (Å²) in [5, 5.41) is 0. The summed E-state index contributed by atoms with van der Waals surface area (Å²) in [4.78, 5) is 8.81. The number of benzene rings is 2. The summed E-state index contributed by atoms with van der Waals surface area (Å²) in [6.45, 7) is 0. The van der Waals surface area contributed by atoms with Gasteiger partial charge in [0.25, 0.3) is 0 Å². The Morgan fingerprint density at radius 2 is 1.48 bits per heavy atom. The minimum atomic E-state index is 0.911. The Morgan fingerprint density at radius 3 is 2.30 bits per heavy atom. The standard InChI is InChI=1S/C20H15N3/c1-2-6-17(7-3-1)23-19-9-5-4-8-18(19)22-20(23)11-10-16-12-14-21-15-13-16/h1-15H/b11-10+. The van der Waals surface area contributed by atoms with Gasteiger partial charge in [-0.25, -0.2) is 4.98 Å². The normalized spacial score (nSPS) is 11.3. The first-order valence-electron chi connectivity index (χ1n) is 7.53. The van der Waals surface area contributed by atoms with Gasteiger partial charge in [0.05, 0.1) is 11.0 Å². The summed E-state index contributed by atoms with van der Waals surface area (Å²) in [6.07, 6.45) is 7.68. The maximum Gasteiger partial charge on any atom is 0.138 e. The number of para-hydroxylation sites is 3. The minimum Gasteiger partial charge on any atom is -0.293 e. The van der Waals surface area contributed by atoms with Crippen molar-refractivity contribution in [3.8, 4) is 5.69 Å². The fourth-order valence-corrected chi connectivity index (χ4v) is 2.65. The van der Waals surface area contributed by atoms with Crippen LogP contribution < -0.4 is 0 Å². The smallest absolute Gasteiger partial charge is 0.138 e. The largest absolute Gasteiger partial charge is 0.293 e. The molecule has 3 heteroatoms. The van der Waals surface area contributed by atoms with Crippen molar-refractivity contribution in [2.45, 2.75) is 0 Å². The topological polar surface area (TPSA) is 30.7 Å². The monoisotopic (exact) mass is 297 g/mol. The van der Waals surface area contributed by atoms with Crippen molar-refractivity contribution in [3.05, 3.63) is 90.5 Å². The van der Waals surface area contributed by atoms with Crippen molar-refractivity contribution in [1.29, 1.82) is 0 Å². The van der Waals surface area contributed by atoms with E-state index in [0.29, 0.717) is 0 Å². The Morgan fingerprint density at radius 1 is 0.739 bits per heavy atom. The molecule has 0 atom stereocenters. The highest BCUT2D eigenvalue weighted by atomic mass is 15.1. The molecule has 0 aliphatic heterocycles. The predicted octanol–water partition coefficient (Wildman–Crippen LogP) is 4.59. The van der Waals surface area contributed by atoms with E-state index in [1.54, 1.807) is 12.4 Å². The van der Waals surface area contributed by atoms with Gasteiger partial charge >= 0.3 is 0 Å². The van der Waals surface area contributed by atoms with Crippen molar-refractivity contribution in [1.82, 2.24) is 14.5 Å². The quantitative estimate of drug-likeness (QED) is 0.553. The third kappa shape index (κ3) is 2.64. The lowest BCUT2D eigenvalue weighted by atomic mass is 10.2. The molecule has 0 amide bonds. The molecule has 4 aromatic rings. The number of rotatable bonds is 3. The van der Waals surface area contributed by atoms with E-state index in [4.69, 9.17) is 4.98 Å². The Balaban J connectivity index is 1.88. The fraction of sp³-hybridized carbons (Fsp3) is 0. The van der Waals surface area contributed by atoms with E-state index < -0.39 is 0 Å². The van der Waals surface area contributed by atoms with Gasteiger partial charge in [-0.2, -0.15) is 0 Å². The maximum absolute atomic E-state index is 4.76. The molecule has 0 unspecified atom stereocenters. The number of aromatic nitrogens is 3. The zero-order chi connectivity index (χ0) is 15.5. The van der Waals surface area contributed by atoms with E-state index in [2.05, 4.69) is 33.8 Å². The van der Waals surface area contributed by atoms with Gasteiger partial charge in [0.15, 0.2) is 0 Å². The number of hydrogen-bond acceptors (Lipinski definition) is 2. The molecule has 0 radical (unpaired) electrons. The Labute approximate surface area is 134 Å². The maximum atomic E-state index is 4.76. The van der Waals surface area contributed by atoms with Crippen molar-refractivity contribution in [2.24, 2.45) is 0 Å². The van der Waals surface area contributed by atoms with Gasteiger partial charge in [-0.15, -0.1) is 0 Å². The zero-order valence-electron chi connectivity index (χ0n) is 12.5.